The van der Waals surface area contributed by atoms with E-state index < -0.39 is 11.9 Å². The number of nitrogens with zero attached hydrogens (tertiary/aromatic N) is 1. The molecule has 0 aliphatic heterocycles. The van der Waals surface area contributed by atoms with Crippen LogP contribution in [0.4, 0.5) is 4.39 Å². The smallest absolute Gasteiger partial charge is 0.251 e. The highest BCUT2D eigenvalue weighted by Gasteiger charge is 2.18. The lowest BCUT2D eigenvalue weighted by molar-refractivity contribution is -0.131. The van der Waals surface area contributed by atoms with Crippen molar-refractivity contribution in [1.29, 1.82) is 0 Å². The predicted octanol–water partition coefficient (Wildman–Crippen LogP) is 1.42. The molecule has 0 aromatic heterocycles. The van der Waals surface area contributed by atoms with Gasteiger partial charge in [0.15, 0.2) is 0 Å². The molecule has 0 heterocycles. The lowest BCUT2D eigenvalue weighted by atomic mass is 10.2. The number of hydrogen-bond acceptors (Lipinski definition) is 2. The second-order valence-corrected chi connectivity index (χ2v) is 4.05. The highest BCUT2D eigenvalue weighted by molar-refractivity contribution is 5.97. The van der Waals surface area contributed by atoms with Crippen LogP contribution >= 0.6 is 0 Å². The van der Waals surface area contributed by atoms with E-state index >= 15 is 0 Å². The van der Waals surface area contributed by atoms with Gasteiger partial charge in [-0.1, -0.05) is 0 Å². The summed E-state index contributed by atoms with van der Waals surface area (Å²) < 4.78 is 12.7. The summed E-state index contributed by atoms with van der Waals surface area (Å²) in [6.45, 7) is 4.05. The van der Waals surface area contributed by atoms with E-state index in [9.17, 15) is 14.0 Å². The number of amides is 2. The van der Waals surface area contributed by atoms with E-state index in [0.29, 0.717) is 12.1 Å². The fraction of sp³-hybridized carbons (Fsp3) is 0.385. The van der Waals surface area contributed by atoms with E-state index in [4.69, 9.17) is 0 Å². The molecule has 1 N–H and O–H groups in total. The van der Waals surface area contributed by atoms with Gasteiger partial charge in [0, 0.05) is 19.2 Å². The summed E-state index contributed by atoms with van der Waals surface area (Å²) in [4.78, 5) is 25.0. The number of carbonyl (C=O) groups is 2. The monoisotopic (exact) mass is 252 g/mol. The van der Waals surface area contributed by atoms with Crippen molar-refractivity contribution in [3.63, 3.8) is 0 Å². The molecule has 0 bridgehead atoms. The van der Waals surface area contributed by atoms with Gasteiger partial charge in [-0.25, -0.2) is 4.39 Å². The summed E-state index contributed by atoms with van der Waals surface area (Å²) in [6, 6.07) is 4.57. The Labute approximate surface area is 106 Å². The molecule has 1 rings (SSSR count). The first kappa shape index (κ1) is 14.2. The molecule has 0 fully saturated rings. The topological polar surface area (TPSA) is 49.4 Å². The number of nitrogens with one attached hydrogen (secondary N) is 1. The average Bonchev–Trinajstić information content (AvgIpc) is 2.37. The second-order valence-electron chi connectivity index (χ2n) is 4.05. The standard InChI is InChI=1S/C13H17FN2O2/c1-4-16(3)13(18)9(2)15-12(17)10-5-7-11(14)8-6-10/h5-9H,4H2,1-3H3,(H,15,17). The van der Waals surface area contributed by atoms with Gasteiger partial charge in [-0.2, -0.15) is 0 Å². The zero-order valence-corrected chi connectivity index (χ0v) is 10.7. The number of rotatable bonds is 4. The normalized spacial score (nSPS) is 11.8. The Morgan fingerprint density at radius 2 is 1.89 bits per heavy atom. The minimum atomic E-state index is -0.604. The van der Waals surface area contributed by atoms with Crippen LogP contribution in [0.15, 0.2) is 24.3 Å². The molecule has 0 saturated carbocycles. The van der Waals surface area contributed by atoms with Gasteiger partial charge in [-0.05, 0) is 38.1 Å². The molecule has 1 atom stereocenters. The van der Waals surface area contributed by atoms with E-state index in [1.807, 2.05) is 6.92 Å². The van der Waals surface area contributed by atoms with Crippen molar-refractivity contribution in [2.75, 3.05) is 13.6 Å². The Bertz CT molecular complexity index is 431. The summed E-state index contributed by atoms with van der Waals surface area (Å²) >= 11 is 0. The summed E-state index contributed by atoms with van der Waals surface area (Å²) in [5, 5.41) is 2.58. The molecule has 2 amide bonds. The van der Waals surface area contributed by atoms with Gasteiger partial charge < -0.3 is 10.2 Å². The maximum Gasteiger partial charge on any atom is 0.251 e. The molecule has 0 radical (unpaired) electrons. The van der Waals surface area contributed by atoms with Crippen LogP contribution in [-0.2, 0) is 4.79 Å². The molecule has 98 valence electrons. The van der Waals surface area contributed by atoms with Crippen molar-refractivity contribution in [2.24, 2.45) is 0 Å². The first-order valence-corrected chi connectivity index (χ1v) is 5.77. The molecule has 5 heteroatoms. The van der Waals surface area contributed by atoms with Gasteiger partial charge in [-0.3, -0.25) is 9.59 Å². The molecule has 18 heavy (non-hydrogen) atoms. The Kier molecular flexibility index (Phi) is 4.83. The third-order valence-corrected chi connectivity index (χ3v) is 2.68. The lowest BCUT2D eigenvalue weighted by Gasteiger charge is -2.20. The van der Waals surface area contributed by atoms with Crippen LogP contribution in [-0.4, -0.2) is 36.3 Å². The summed E-state index contributed by atoms with van der Waals surface area (Å²) in [6.07, 6.45) is 0. The molecule has 0 aliphatic carbocycles. The minimum absolute atomic E-state index is 0.159. The lowest BCUT2D eigenvalue weighted by Crippen LogP contribution is -2.45. The van der Waals surface area contributed by atoms with E-state index in [1.54, 1.807) is 14.0 Å². The van der Waals surface area contributed by atoms with E-state index in [1.165, 1.54) is 29.2 Å². The number of hydrogen-bond donors (Lipinski definition) is 1. The van der Waals surface area contributed by atoms with E-state index in [0.717, 1.165) is 0 Å². The molecule has 0 spiro atoms. The zero-order chi connectivity index (χ0) is 13.7. The first-order chi connectivity index (χ1) is 8.45. The number of halogens is 1. The van der Waals surface area contributed by atoms with Crippen molar-refractivity contribution >= 4 is 11.8 Å². The number of likely N-dealkylation sites (N-methyl/N-ethyl adjacent to an activating group) is 1. The van der Waals surface area contributed by atoms with Crippen LogP contribution < -0.4 is 5.32 Å². The van der Waals surface area contributed by atoms with Crippen molar-refractivity contribution in [3.8, 4) is 0 Å². The third kappa shape index (κ3) is 3.55. The predicted molar refractivity (Wildman–Crippen MR) is 66.6 cm³/mol. The SMILES string of the molecule is CCN(C)C(=O)C(C)NC(=O)c1ccc(F)cc1. The third-order valence-electron chi connectivity index (χ3n) is 2.68. The second kappa shape index (κ2) is 6.14. The van der Waals surface area contributed by atoms with Gasteiger partial charge >= 0.3 is 0 Å². The molecule has 0 aliphatic rings. The van der Waals surface area contributed by atoms with Gasteiger partial charge in [0.25, 0.3) is 5.91 Å². The summed E-state index contributed by atoms with van der Waals surface area (Å²) in [5.74, 6) is -0.949. The highest BCUT2D eigenvalue weighted by atomic mass is 19.1. The van der Waals surface area contributed by atoms with E-state index in [2.05, 4.69) is 5.32 Å². The van der Waals surface area contributed by atoms with Crippen LogP contribution in [0.5, 0.6) is 0 Å². The van der Waals surface area contributed by atoms with Crippen LogP contribution in [0.25, 0.3) is 0 Å². The fourth-order valence-corrected chi connectivity index (χ4v) is 1.43. The Morgan fingerprint density at radius 1 is 1.33 bits per heavy atom. The molecule has 1 aromatic carbocycles. The van der Waals surface area contributed by atoms with E-state index in [-0.39, 0.29) is 11.8 Å². The molecule has 1 unspecified atom stereocenters. The van der Waals surface area contributed by atoms with Crippen molar-refractivity contribution in [3.05, 3.63) is 35.6 Å². The molecule has 0 saturated heterocycles. The van der Waals surface area contributed by atoms with Crippen molar-refractivity contribution < 1.29 is 14.0 Å². The summed E-state index contributed by atoms with van der Waals surface area (Å²) in [5.41, 5.74) is 0.329. The average molecular weight is 252 g/mol. The zero-order valence-electron chi connectivity index (χ0n) is 10.7. The maximum atomic E-state index is 12.7. The van der Waals surface area contributed by atoms with Crippen molar-refractivity contribution in [2.45, 2.75) is 19.9 Å². The molecular formula is C13H17FN2O2. The van der Waals surface area contributed by atoms with Crippen LogP contribution in [0.1, 0.15) is 24.2 Å². The van der Waals surface area contributed by atoms with Crippen LogP contribution in [0.3, 0.4) is 0 Å². The minimum Gasteiger partial charge on any atom is -0.344 e. The quantitative estimate of drug-likeness (QED) is 0.881. The maximum absolute atomic E-state index is 12.7. The van der Waals surface area contributed by atoms with Gasteiger partial charge in [0.05, 0.1) is 0 Å². The van der Waals surface area contributed by atoms with Crippen LogP contribution in [0.2, 0.25) is 0 Å². The van der Waals surface area contributed by atoms with Gasteiger partial charge in [-0.15, -0.1) is 0 Å². The van der Waals surface area contributed by atoms with Gasteiger partial charge in [0.1, 0.15) is 11.9 Å². The van der Waals surface area contributed by atoms with Gasteiger partial charge in [0.2, 0.25) is 5.91 Å². The number of carbonyl (C=O) groups excluding carboxylic acids is 2. The largest absolute Gasteiger partial charge is 0.344 e. The Hall–Kier alpha value is -1.91. The Balaban J connectivity index is 2.65. The first-order valence-electron chi connectivity index (χ1n) is 5.77. The van der Waals surface area contributed by atoms with Crippen molar-refractivity contribution in [1.82, 2.24) is 10.2 Å². The number of benzene rings is 1. The fourth-order valence-electron chi connectivity index (χ4n) is 1.43. The van der Waals surface area contributed by atoms with Crippen LogP contribution in [0, 0.1) is 5.82 Å². The Morgan fingerprint density at radius 3 is 2.39 bits per heavy atom. The molecule has 1 aromatic rings. The molecular weight excluding hydrogens is 235 g/mol. The molecule has 4 nitrogen and oxygen atoms in total. The highest BCUT2D eigenvalue weighted by Crippen LogP contribution is 2.03. The summed E-state index contributed by atoms with van der Waals surface area (Å²) in [7, 11) is 1.67.